The summed E-state index contributed by atoms with van der Waals surface area (Å²) in [6, 6.07) is 7.74. The van der Waals surface area contributed by atoms with E-state index < -0.39 is 0 Å². The normalized spacial score (nSPS) is 11.0. The van der Waals surface area contributed by atoms with Crippen molar-refractivity contribution in [3.05, 3.63) is 48.1 Å². The maximum absolute atomic E-state index is 11.0. The molecule has 0 heterocycles. The van der Waals surface area contributed by atoms with E-state index in [4.69, 9.17) is 9.47 Å². The standard InChI is InChI=1S/C15H18O3/c1-3-8-13-9-5-6-10-14(13)18-12-7-11-15(16)17-4-2/h3,5-11H,4,12H2,1-2H3/b8-3+,11-7+. The second-order valence-corrected chi connectivity index (χ2v) is 3.50. The summed E-state index contributed by atoms with van der Waals surface area (Å²) < 4.78 is 10.3. The lowest BCUT2D eigenvalue weighted by atomic mass is 10.2. The second kappa shape index (κ2) is 8.12. The van der Waals surface area contributed by atoms with Gasteiger partial charge in [0, 0.05) is 11.6 Å². The number of hydrogen-bond donors (Lipinski definition) is 0. The van der Waals surface area contributed by atoms with E-state index in [1.165, 1.54) is 6.08 Å². The molecule has 0 aromatic heterocycles. The van der Waals surface area contributed by atoms with Crippen molar-refractivity contribution < 1.29 is 14.3 Å². The maximum Gasteiger partial charge on any atom is 0.330 e. The molecule has 0 unspecified atom stereocenters. The van der Waals surface area contributed by atoms with Gasteiger partial charge in [0.15, 0.2) is 0 Å². The van der Waals surface area contributed by atoms with Crippen LogP contribution in [0.2, 0.25) is 0 Å². The van der Waals surface area contributed by atoms with E-state index in [0.717, 1.165) is 11.3 Å². The van der Waals surface area contributed by atoms with E-state index in [9.17, 15) is 4.79 Å². The monoisotopic (exact) mass is 246 g/mol. The van der Waals surface area contributed by atoms with Gasteiger partial charge in [-0.2, -0.15) is 0 Å². The zero-order valence-corrected chi connectivity index (χ0v) is 10.8. The average molecular weight is 246 g/mol. The van der Waals surface area contributed by atoms with Crippen LogP contribution < -0.4 is 4.74 Å². The number of benzene rings is 1. The average Bonchev–Trinajstić information content (AvgIpc) is 2.37. The van der Waals surface area contributed by atoms with Crippen molar-refractivity contribution in [1.82, 2.24) is 0 Å². The fraction of sp³-hybridized carbons (Fsp3) is 0.267. The van der Waals surface area contributed by atoms with E-state index in [2.05, 4.69) is 0 Å². The summed E-state index contributed by atoms with van der Waals surface area (Å²) in [6.45, 7) is 4.45. The summed E-state index contributed by atoms with van der Waals surface area (Å²) >= 11 is 0. The first kappa shape index (κ1) is 14.0. The van der Waals surface area contributed by atoms with Gasteiger partial charge in [0.2, 0.25) is 0 Å². The Bertz CT molecular complexity index is 433. The number of carbonyl (C=O) groups excluding carboxylic acids is 1. The van der Waals surface area contributed by atoms with Crippen LogP contribution in [0.4, 0.5) is 0 Å². The smallest absolute Gasteiger partial charge is 0.330 e. The molecule has 0 aliphatic heterocycles. The van der Waals surface area contributed by atoms with Crippen molar-refractivity contribution in [2.24, 2.45) is 0 Å². The molecule has 1 aromatic rings. The summed E-state index contributed by atoms with van der Waals surface area (Å²) in [5.74, 6) is 0.451. The highest BCUT2D eigenvalue weighted by Crippen LogP contribution is 2.19. The molecule has 3 heteroatoms. The lowest BCUT2D eigenvalue weighted by molar-refractivity contribution is -0.137. The first-order valence-electron chi connectivity index (χ1n) is 5.95. The summed E-state index contributed by atoms with van der Waals surface area (Å²) in [4.78, 5) is 11.0. The first-order chi connectivity index (χ1) is 8.77. The molecule has 0 aliphatic rings. The molecule has 96 valence electrons. The molecule has 0 amide bonds. The van der Waals surface area contributed by atoms with Crippen molar-refractivity contribution in [2.45, 2.75) is 13.8 Å². The van der Waals surface area contributed by atoms with Gasteiger partial charge >= 0.3 is 5.97 Å². The van der Waals surface area contributed by atoms with Gasteiger partial charge in [0.05, 0.1) is 6.61 Å². The van der Waals surface area contributed by atoms with Crippen LogP contribution in [0, 0.1) is 0 Å². The van der Waals surface area contributed by atoms with Crippen molar-refractivity contribution in [3.8, 4) is 5.75 Å². The Morgan fingerprint density at radius 3 is 2.83 bits per heavy atom. The van der Waals surface area contributed by atoms with Gasteiger partial charge in [0.25, 0.3) is 0 Å². The van der Waals surface area contributed by atoms with E-state index in [1.54, 1.807) is 13.0 Å². The molecule has 0 saturated carbocycles. The van der Waals surface area contributed by atoms with Gasteiger partial charge in [-0.05, 0) is 26.0 Å². The number of para-hydroxylation sites is 1. The highest BCUT2D eigenvalue weighted by Gasteiger charge is 1.98. The minimum Gasteiger partial charge on any atom is -0.489 e. The molecule has 3 nitrogen and oxygen atoms in total. The number of ether oxygens (including phenoxy) is 2. The quantitative estimate of drug-likeness (QED) is 0.571. The number of esters is 1. The van der Waals surface area contributed by atoms with Gasteiger partial charge < -0.3 is 9.47 Å². The molecule has 0 saturated heterocycles. The molecule has 18 heavy (non-hydrogen) atoms. The van der Waals surface area contributed by atoms with Gasteiger partial charge in [-0.1, -0.05) is 30.4 Å². The molecular formula is C15H18O3. The molecule has 0 bridgehead atoms. The Kier molecular flexibility index (Phi) is 6.33. The summed E-state index contributed by atoms with van der Waals surface area (Å²) in [6.07, 6.45) is 6.95. The van der Waals surface area contributed by atoms with Crippen molar-refractivity contribution in [1.29, 1.82) is 0 Å². The van der Waals surface area contributed by atoms with Crippen LogP contribution in [0.1, 0.15) is 19.4 Å². The maximum atomic E-state index is 11.0. The third-order valence-electron chi connectivity index (χ3n) is 2.14. The highest BCUT2D eigenvalue weighted by molar-refractivity contribution is 5.81. The van der Waals surface area contributed by atoms with Gasteiger partial charge in [-0.3, -0.25) is 0 Å². The lowest BCUT2D eigenvalue weighted by Gasteiger charge is -2.06. The third kappa shape index (κ3) is 4.87. The molecular weight excluding hydrogens is 228 g/mol. The lowest BCUT2D eigenvalue weighted by Crippen LogP contribution is -2.01. The van der Waals surface area contributed by atoms with Gasteiger partial charge in [0.1, 0.15) is 12.4 Å². The molecule has 1 rings (SSSR count). The van der Waals surface area contributed by atoms with E-state index >= 15 is 0 Å². The van der Waals surface area contributed by atoms with Crippen molar-refractivity contribution in [2.75, 3.05) is 13.2 Å². The number of carbonyl (C=O) groups is 1. The fourth-order valence-electron chi connectivity index (χ4n) is 1.40. The molecule has 0 radical (unpaired) electrons. The van der Waals surface area contributed by atoms with Crippen LogP contribution in [0.15, 0.2) is 42.5 Å². The Labute approximate surface area is 108 Å². The van der Waals surface area contributed by atoms with Crippen LogP contribution in [-0.2, 0) is 9.53 Å². The third-order valence-corrected chi connectivity index (χ3v) is 2.14. The second-order valence-electron chi connectivity index (χ2n) is 3.50. The van der Waals surface area contributed by atoms with Crippen LogP contribution in [0.25, 0.3) is 6.08 Å². The Hall–Kier alpha value is -2.03. The minimum absolute atomic E-state index is 0.341. The van der Waals surface area contributed by atoms with Crippen molar-refractivity contribution in [3.63, 3.8) is 0 Å². The largest absolute Gasteiger partial charge is 0.489 e. The number of allylic oxidation sites excluding steroid dienone is 1. The minimum atomic E-state index is -0.345. The molecule has 0 fully saturated rings. The van der Waals surface area contributed by atoms with Crippen LogP contribution in [0.3, 0.4) is 0 Å². The van der Waals surface area contributed by atoms with Crippen LogP contribution >= 0.6 is 0 Å². The zero-order valence-electron chi connectivity index (χ0n) is 10.8. The molecule has 1 aromatic carbocycles. The SMILES string of the molecule is C/C=C/c1ccccc1OC/C=C/C(=O)OCC. The Balaban J connectivity index is 2.51. The van der Waals surface area contributed by atoms with E-state index in [-0.39, 0.29) is 5.97 Å². The predicted molar refractivity (Wildman–Crippen MR) is 72.4 cm³/mol. The molecule has 0 N–H and O–H groups in total. The van der Waals surface area contributed by atoms with Gasteiger partial charge in [-0.15, -0.1) is 0 Å². The fourth-order valence-corrected chi connectivity index (χ4v) is 1.40. The van der Waals surface area contributed by atoms with Gasteiger partial charge in [-0.25, -0.2) is 4.79 Å². The summed E-state index contributed by atoms with van der Waals surface area (Å²) in [5, 5.41) is 0. The molecule has 0 aliphatic carbocycles. The molecule has 0 atom stereocenters. The van der Waals surface area contributed by atoms with E-state index in [1.807, 2.05) is 43.3 Å². The van der Waals surface area contributed by atoms with Crippen molar-refractivity contribution >= 4 is 12.0 Å². The first-order valence-corrected chi connectivity index (χ1v) is 5.95. The Morgan fingerprint density at radius 1 is 1.33 bits per heavy atom. The Morgan fingerprint density at radius 2 is 2.11 bits per heavy atom. The summed E-state index contributed by atoms with van der Waals surface area (Å²) in [7, 11) is 0. The topological polar surface area (TPSA) is 35.5 Å². The van der Waals surface area contributed by atoms with Crippen LogP contribution in [-0.4, -0.2) is 19.2 Å². The predicted octanol–water partition coefficient (Wildman–Crippen LogP) is 3.22. The number of hydrogen-bond acceptors (Lipinski definition) is 3. The number of rotatable bonds is 6. The highest BCUT2D eigenvalue weighted by atomic mass is 16.5. The zero-order chi connectivity index (χ0) is 13.2. The summed E-state index contributed by atoms with van der Waals surface area (Å²) in [5.41, 5.74) is 1.02. The van der Waals surface area contributed by atoms with Crippen LogP contribution in [0.5, 0.6) is 5.75 Å². The van der Waals surface area contributed by atoms with E-state index in [0.29, 0.717) is 13.2 Å². The molecule has 0 spiro atoms.